The van der Waals surface area contributed by atoms with Crippen molar-refractivity contribution in [2.24, 2.45) is 11.8 Å². The second-order valence-electron chi connectivity index (χ2n) is 3.49. The fraction of sp³-hybridized carbons (Fsp3) is 0.800. The van der Waals surface area contributed by atoms with Gasteiger partial charge in [-0.2, -0.15) is 0 Å². The summed E-state index contributed by atoms with van der Waals surface area (Å²) in [5.41, 5.74) is 0. The third-order valence-electron chi connectivity index (χ3n) is 1.87. The third kappa shape index (κ3) is 3.43. The SMILES string of the molecule is CC(C)C#C[C@@H]1CCCNC1. The fourth-order valence-electron chi connectivity index (χ4n) is 1.26. The van der Waals surface area contributed by atoms with Crippen molar-refractivity contribution in [3.8, 4) is 11.8 Å². The molecule has 1 aliphatic heterocycles. The molecule has 0 spiro atoms. The van der Waals surface area contributed by atoms with Crippen molar-refractivity contribution in [3.05, 3.63) is 0 Å². The summed E-state index contributed by atoms with van der Waals surface area (Å²) in [6.07, 6.45) is 2.57. The largest absolute Gasteiger partial charge is 0.316 e. The highest BCUT2D eigenvalue weighted by atomic mass is 14.9. The van der Waals surface area contributed by atoms with Crippen LogP contribution in [0.4, 0.5) is 0 Å². The van der Waals surface area contributed by atoms with Crippen LogP contribution < -0.4 is 5.32 Å². The van der Waals surface area contributed by atoms with Gasteiger partial charge in [-0.05, 0) is 19.4 Å². The van der Waals surface area contributed by atoms with Gasteiger partial charge in [0.15, 0.2) is 0 Å². The quantitative estimate of drug-likeness (QED) is 0.519. The van der Waals surface area contributed by atoms with Crippen molar-refractivity contribution in [2.75, 3.05) is 13.1 Å². The summed E-state index contributed by atoms with van der Waals surface area (Å²) in [7, 11) is 0. The van der Waals surface area contributed by atoms with Crippen LogP contribution in [0.15, 0.2) is 0 Å². The summed E-state index contributed by atoms with van der Waals surface area (Å²) in [5, 5.41) is 3.36. The van der Waals surface area contributed by atoms with Crippen LogP contribution in [0.5, 0.6) is 0 Å². The van der Waals surface area contributed by atoms with Gasteiger partial charge in [-0.3, -0.25) is 0 Å². The number of hydrogen-bond donors (Lipinski definition) is 1. The third-order valence-corrected chi connectivity index (χ3v) is 1.87. The van der Waals surface area contributed by atoms with Crippen LogP contribution in [0.3, 0.4) is 0 Å². The van der Waals surface area contributed by atoms with Gasteiger partial charge in [0, 0.05) is 18.4 Å². The molecule has 0 aliphatic carbocycles. The van der Waals surface area contributed by atoms with E-state index >= 15 is 0 Å². The van der Waals surface area contributed by atoms with Crippen LogP contribution in [0.1, 0.15) is 26.7 Å². The van der Waals surface area contributed by atoms with E-state index in [9.17, 15) is 0 Å². The van der Waals surface area contributed by atoms with Crippen molar-refractivity contribution in [3.63, 3.8) is 0 Å². The molecule has 1 nitrogen and oxygen atoms in total. The summed E-state index contributed by atoms with van der Waals surface area (Å²) in [4.78, 5) is 0. The molecular formula is C10H17N. The van der Waals surface area contributed by atoms with Gasteiger partial charge in [0.25, 0.3) is 0 Å². The number of hydrogen-bond acceptors (Lipinski definition) is 1. The van der Waals surface area contributed by atoms with Gasteiger partial charge < -0.3 is 5.32 Å². The number of rotatable bonds is 0. The molecular weight excluding hydrogens is 134 g/mol. The molecule has 0 amide bonds. The van der Waals surface area contributed by atoms with Crippen molar-refractivity contribution in [1.82, 2.24) is 5.32 Å². The van der Waals surface area contributed by atoms with Gasteiger partial charge in [0.05, 0.1) is 0 Å². The lowest BCUT2D eigenvalue weighted by Gasteiger charge is -2.17. The molecule has 0 aromatic heterocycles. The van der Waals surface area contributed by atoms with Crippen LogP contribution in [0.2, 0.25) is 0 Å². The zero-order valence-corrected chi connectivity index (χ0v) is 7.48. The molecule has 1 rings (SSSR count). The monoisotopic (exact) mass is 151 g/mol. The maximum atomic E-state index is 3.36. The average molecular weight is 151 g/mol. The first-order valence-corrected chi connectivity index (χ1v) is 4.51. The predicted molar refractivity (Wildman–Crippen MR) is 48.2 cm³/mol. The Balaban J connectivity index is 2.31. The van der Waals surface area contributed by atoms with Gasteiger partial charge in [-0.25, -0.2) is 0 Å². The van der Waals surface area contributed by atoms with E-state index in [1.54, 1.807) is 0 Å². The average Bonchev–Trinajstić information content (AvgIpc) is 2.03. The summed E-state index contributed by atoms with van der Waals surface area (Å²) in [6.45, 7) is 6.56. The molecule has 0 unspecified atom stereocenters. The van der Waals surface area contributed by atoms with Gasteiger partial charge in [0.2, 0.25) is 0 Å². The Bertz CT molecular complexity index is 155. The zero-order valence-electron chi connectivity index (χ0n) is 7.48. The van der Waals surface area contributed by atoms with E-state index in [1.165, 1.54) is 19.4 Å². The Morgan fingerprint density at radius 3 is 2.82 bits per heavy atom. The summed E-state index contributed by atoms with van der Waals surface area (Å²) >= 11 is 0. The highest BCUT2D eigenvalue weighted by molar-refractivity contribution is 5.06. The van der Waals surface area contributed by atoms with Crippen LogP contribution in [0.25, 0.3) is 0 Å². The summed E-state index contributed by atoms with van der Waals surface area (Å²) in [5.74, 6) is 7.68. The molecule has 1 atom stereocenters. The lowest BCUT2D eigenvalue weighted by atomic mass is 10.00. The second-order valence-corrected chi connectivity index (χ2v) is 3.49. The molecule has 11 heavy (non-hydrogen) atoms. The second kappa shape index (κ2) is 4.41. The van der Waals surface area contributed by atoms with E-state index in [4.69, 9.17) is 0 Å². The van der Waals surface area contributed by atoms with Gasteiger partial charge in [-0.1, -0.05) is 19.8 Å². The standard InChI is InChI=1S/C10H17N/c1-9(2)5-6-10-4-3-7-11-8-10/h9-11H,3-4,7-8H2,1-2H3/t10-/m0/s1. The van der Waals surface area contributed by atoms with Gasteiger partial charge in [-0.15, -0.1) is 5.92 Å². The van der Waals surface area contributed by atoms with E-state index in [2.05, 4.69) is 31.0 Å². The highest BCUT2D eigenvalue weighted by Gasteiger charge is 2.08. The molecule has 0 bridgehead atoms. The first-order valence-electron chi connectivity index (χ1n) is 4.51. The highest BCUT2D eigenvalue weighted by Crippen LogP contribution is 2.08. The molecule has 0 saturated carbocycles. The maximum Gasteiger partial charge on any atom is 0.0328 e. The topological polar surface area (TPSA) is 12.0 Å². The number of piperidine rings is 1. The van der Waals surface area contributed by atoms with Gasteiger partial charge in [0.1, 0.15) is 0 Å². The minimum absolute atomic E-state index is 0.525. The van der Waals surface area contributed by atoms with Crippen molar-refractivity contribution >= 4 is 0 Å². The molecule has 1 N–H and O–H groups in total. The summed E-state index contributed by atoms with van der Waals surface area (Å²) < 4.78 is 0. The number of nitrogens with one attached hydrogen (secondary N) is 1. The van der Waals surface area contributed by atoms with E-state index in [1.807, 2.05) is 0 Å². The Kier molecular flexibility index (Phi) is 3.45. The van der Waals surface area contributed by atoms with E-state index in [-0.39, 0.29) is 0 Å². The van der Waals surface area contributed by atoms with E-state index in [0.29, 0.717) is 11.8 Å². The lowest BCUT2D eigenvalue weighted by molar-refractivity contribution is 0.448. The van der Waals surface area contributed by atoms with Crippen molar-refractivity contribution in [2.45, 2.75) is 26.7 Å². The molecule has 0 aromatic rings. The Morgan fingerprint density at radius 2 is 2.27 bits per heavy atom. The molecule has 1 aliphatic rings. The van der Waals surface area contributed by atoms with Crippen molar-refractivity contribution in [1.29, 1.82) is 0 Å². The normalized spacial score (nSPS) is 24.5. The maximum absolute atomic E-state index is 3.36. The van der Waals surface area contributed by atoms with Crippen molar-refractivity contribution < 1.29 is 0 Å². The molecule has 1 saturated heterocycles. The van der Waals surface area contributed by atoms with E-state index < -0.39 is 0 Å². The summed E-state index contributed by atoms with van der Waals surface area (Å²) in [6, 6.07) is 0. The van der Waals surface area contributed by atoms with Crippen LogP contribution in [0, 0.1) is 23.7 Å². The lowest BCUT2D eigenvalue weighted by Crippen LogP contribution is -2.28. The Hall–Kier alpha value is -0.480. The van der Waals surface area contributed by atoms with E-state index in [0.717, 1.165) is 6.54 Å². The molecule has 1 heteroatoms. The predicted octanol–water partition coefficient (Wildman–Crippen LogP) is 1.65. The van der Waals surface area contributed by atoms with Gasteiger partial charge >= 0.3 is 0 Å². The molecule has 0 aromatic carbocycles. The zero-order chi connectivity index (χ0) is 8.10. The minimum Gasteiger partial charge on any atom is -0.316 e. The molecule has 1 heterocycles. The first kappa shape index (κ1) is 8.62. The first-order chi connectivity index (χ1) is 5.29. The van der Waals surface area contributed by atoms with Crippen LogP contribution in [-0.2, 0) is 0 Å². The van der Waals surface area contributed by atoms with Crippen LogP contribution in [-0.4, -0.2) is 13.1 Å². The molecule has 0 radical (unpaired) electrons. The Morgan fingerprint density at radius 1 is 1.45 bits per heavy atom. The minimum atomic E-state index is 0.525. The fourth-order valence-corrected chi connectivity index (χ4v) is 1.26. The molecule has 1 fully saturated rings. The smallest absolute Gasteiger partial charge is 0.0328 e. The molecule has 62 valence electrons. The Labute approximate surface area is 69.6 Å². The van der Waals surface area contributed by atoms with Crippen LogP contribution >= 0.6 is 0 Å².